The molecule has 0 radical (unpaired) electrons. The zero-order valence-electron chi connectivity index (χ0n) is 28.6. The average Bonchev–Trinajstić information content (AvgIpc) is 3.15. The van der Waals surface area contributed by atoms with Gasteiger partial charge in [0, 0.05) is 0 Å². The van der Waals surface area contributed by atoms with Crippen LogP contribution in [0.15, 0.2) is 121 Å². The van der Waals surface area contributed by atoms with Gasteiger partial charge < -0.3 is 23.7 Å². The maximum Gasteiger partial charge on any atom is 0.146 e. The molecule has 1 saturated heterocycles. The highest BCUT2D eigenvalue weighted by Crippen LogP contribution is 2.31. The zero-order chi connectivity index (χ0) is 33.4. The highest BCUT2D eigenvalue weighted by Gasteiger charge is 2.48. The van der Waals surface area contributed by atoms with Crippen molar-refractivity contribution < 1.29 is 23.7 Å². The second-order valence-corrected chi connectivity index (χ2v) is 17.4. The zero-order valence-corrected chi connectivity index (χ0v) is 29.6. The van der Waals surface area contributed by atoms with E-state index in [0.717, 1.165) is 40.4 Å². The monoisotopic (exact) mass is 662 g/mol. The molecule has 0 bridgehead atoms. The Labute approximate surface area is 288 Å². The third kappa shape index (κ3) is 10.2. The van der Waals surface area contributed by atoms with E-state index in [9.17, 15) is 0 Å². The quantitative estimate of drug-likeness (QED) is 0.0887. The van der Waals surface area contributed by atoms with E-state index < -0.39 is 38.6 Å². The van der Waals surface area contributed by atoms with Crippen molar-refractivity contribution in [1.29, 1.82) is 0 Å². The number of ether oxygens (including phenoxy) is 5. The van der Waals surface area contributed by atoms with E-state index >= 15 is 0 Å². The molecule has 0 aromatic heterocycles. The Balaban J connectivity index is 1.50. The van der Waals surface area contributed by atoms with E-state index in [-0.39, 0.29) is 0 Å². The van der Waals surface area contributed by atoms with Crippen molar-refractivity contribution in [2.45, 2.75) is 95.9 Å². The lowest BCUT2D eigenvalue weighted by Gasteiger charge is -2.45. The molecule has 4 aromatic rings. The van der Waals surface area contributed by atoms with Crippen molar-refractivity contribution in [3.63, 3.8) is 0 Å². The largest absolute Gasteiger partial charge is 0.374 e. The molecule has 48 heavy (non-hydrogen) atoms. The van der Waals surface area contributed by atoms with E-state index in [1.165, 1.54) is 0 Å². The molecule has 1 aliphatic rings. The molecule has 0 aliphatic carbocycles. The normalized spacial score (nSPS) is 20.9. The van der Waals surface area contributed by atoms with Crippen LogP contribution >= 0.6 is 0 Å². The van der Waals surface area contributed by atoms with Crippen molar-refractivity contribution in [2.75, 3.05) is 6.61 Å². The Bertz CT molecular complexity index is 1510. The molecule has 5 nitrogen and oxygen atoms in total. The second-order valence-electron chi connectivity index (χ2n) is 12.5. The summed E-state index contributed by atoms with van der Waals surface area (Å²) in [6, 6.07) is 44.3. The Morgan fingerprint density at radius 2 is 0.917 bits per heavy atom. The molecular formula is C42H50O5Si. The lowest BCUT2D eigenvalue weighted by atomic mass is 9.94. The molecule has 0 N–H and O–H groups in total. The molecule has 4 aromatic carbocycles. The number of rotatable bonds is 16. The highest BCUT2D eigenvalue weighted by atomic mass is 28.3. The van der Waals surface area contributed by atoms with Crippen LogP contribution in [0.4, 0.5) is 0 Å². The molecule has 0 spiro atoms. The Morgan fingerprint density at radius 3 is 1.35 bits per heavy atom. The van der Waals surface area contributed by atoms with Crippen LogP contribution in [0, 0.1) is 11.5 Å². The average molecular weight is 663 g/mol. The molecule has 252 valence electrons. The predicted octanol–water partition coefficient (Wildman–Crippen LogP) is 8.78. The van der Waals surface area contributed by atoms with Crippen molar-refractivity contribution in [2.24, 2.45) is 0 Å². The number of hydrogen-bond acceptors (Lipinski definition) is 5. The smallest absolute Gasteiger partial charge is 0.146 e. The minimum absolute atomic E-state index is 0.334. The molecule has 0 amide bonds. The topological polar surface area (TPSA) is 46.2 Å². The fourth-order valence-electron chi connectivity index (χ4n) is 6.14. The van der Waals surface area contributed by atoms with Crippen molar-refractivity contribution in [3.8, 4) is 11.5 Å². The van der Waals surface area contributed by atoms with E-state index in [4.69, 9.17) is 23.7 Å². The Kier molecular flexibility index (Phi) is 14.0. The fourth-order valence-corrected chi connectivity index (χ4v) is 8.62. The van der Waals surface area contributed by atoms with Gasteiger partial charge in [-0.15, -0.1) is 5.54 Å². The van der Waals surface area contributed by atoms with Crippen LogP contribution in [0.1, 0.15) is 43.0 Å². The molecule has 0 unspecified atom stereocenters. The first-order chi connectivity index (χ1) is 23.6. The van der Waals surface area contributed by atoms with Crippen LogP contribution in [-0.4, -0.2) is 45.2 Å². The van der Waals surface area contributed by atoms with Gasteiger partial charge in [0.05, 0.1) is 33.0 Å². The summed E-state index contributed by atoms with van der Waals surface area (Å²) in [6.07, 6.45) is -2.33. The van der Waals surface area contributed by atoms with E-state index in [1.807, 2.05) is 72.8 Å². The van der Waals surface area contributed by atoms with Gasteiger partial charge in [0.1, 0.15) is 38.6 Å². The molecule has 5 rings (SSSR count). The van der Waals surface area contributed by atoms with Gasteiger partial charge in [-0.05, 0) is 40.4 Å². The van der Waals surface area contributed by atoms with Crippen LogP contribution in [0.25, 0.3) is 0 Å². The van der Waals surface area contributed by atoms with Crippen LogP contribution in [0.2, 0.25) is 18.1 Å². The van der Waals surface area contributed by atoms with Gasteiger partial charge in [-0.2, -0.15) is 0 Å². The summed E-state index contributed by atoms with van der Waals surface area (Å²) < 4.78 is 33.7. The maximum absolute atomic E-state index is 6.93. The third-order valence-electron chi connectivity index (χ3n) is 9.39. The van der Waals surface area contributed by atoms with Gasteiger partial charge in [-0.3, -0.25) is 0 Å². The summed E-state index contributed by atoms with van der Waals surface area (Å²) in [5.41, 5.74) is 8.15. The summed E-state index contributed by atoms with van der Waals surface area (Å²) in [6.45, 7) is 8.88. The molecule has 6 heteroatoms. The van der Waals surface area contributed by atoms with E-state index in [1.54, 1.807) is 0 Å². The van der Waals surface area contributed by atoms with Gasteiger partial charge >= 0.3 is 0 Å². The third-order valence-corrected chi connectivity index (χ3v) is 14.1. The van der Waals surface area contributed by atoms with Crippen LogP contribution in [0.5, 0.6) is 0 Å². The van der Waals surface area contributed by atoms with Gasteiger partial charge in [0.2, 0.25) is 0 Å². The summed E-state index contributed by atoms with van der Waals surface area (Å²) in [5, 5.41) is 0. The minimum atomic E-state index is -1.78. The lowest BCUT2D eigenvalue weighted by Crippen LogP contribution is -2.61. The van der Waals surface area contributed by atoms with Gasteiger partial charge in [0.15, 0.2) is 0 Å². The highest BCUT2D eigenvalue weighted by molar-refractivity contribution is 6.87. The van der Waals surface area contributed by atoms with Crippen molar-refractivity contribution in [3.05, 3.63) is 144 Å². The van der Waals surface area contributed by atoms with E-state index in [2.05, 4.69) is 80.8 Å². The standard InChI is InChI=1S/C42H50O5Si/c1-4-48(5-2,6-3)28-27-38-40(44-30-35-21-13-8-14-22-35)42(46-32-37-25-17-10-18-26-37)41(45-31-36-23-15-9-16-24-36)39(47-38)33-43-29-34-19-11-7-12-20-34/h7-26,38-42H,4-6,29-33H2,1-3H3/t38-,39+,40-,41-,42+/m0/s1. The molecule has 1 fully saturated rings. The Hall–Kier alpha value is -3.54. The predicted molar refractivity (Wildman–Crippen MR) is 195 cm³/mol. The van der Waals surface area contributed by atoms with Crippen LogP contribution in [0.3, 0.4) is 0 Å². The van der Waals surface area contributed by atoms with E-state index in [0.29, 0.717) is 33.0 Å². The summed E-state index contributed by atoms with van der Waals surface area (Å²) >= 11 is 0. The first-order valence-electron chi connectivity index (χ1n) is 17.4. The van der Waals surface area contributed by atoms with Crippen molar-refractivity contribution in [1.82, 2.24) is 0 Å². The van der Waals surface area contributed by atoms with Crippen molar-refractivity contribution >= 4 is 8.07 Å². The minimum Gasteiger partial charge on any atom is -0.374 e. The first-order valence-corrected chi connectivity index (χ1v) is 20.0. The molecule has 0 saturated carbocycles. The second kappa shape index (κ2) is 18.9. The van der Waals surface area contributed by atoms with Crippen LogP contribution < -0.4 is 0 Å². The van der Waals surface area contributed by atoms with Gasteiger partial charge in [-0.25, -0.2) is 0 Å². The lowest BCUT2D eigenvalue weighted by molar-refractivity contribution is -0.261. The Morgan fingerprint density at radius 1 is 0.521 bits per heavy atom. The number of benzene rings is 4. The number of hydrogen-bond donors (Lipinski definition) is 0. The molecule has 5 atom stereocenters. The maximum atomic E-state index is 6.93. The molecule has 1 heterocycles. The van der Waals surface area contributed by atoms with Gasteiger partial charge in [0.25, 0.3) is 0 Å². The molecular weight excluding hydrogens is 613 g/mol. The summed E-state index contributed by atoms with van der Waals surface area (Å²) in [7, 11) is -1.78. The fraction of sp³-hybridized carbons (Fsp3) is 0.381. The SMILES string of the molecule is CC[Si](C#C[C@@H]1O[C@H](COCc2ccccc2)[C@H](OCc2ccccc2)[C@H](OCc2ccccc2)[C@H]1OCc1ccccc1)(CC)CC. The van der Waals surface area contributed by atoms with Gasteiger partial charge in [-0.1, -0.05) is 148 Å². The summed E-state index contributed by atoms with van der Waals surface area (Å²) in [4.78, 5) is 0. The van der Waals surface area contributed by atoms with Crippen LogP contribution in [-0.2, 0) is 50.1 Å². The summed E-state index contributed by atoms with van der Waals surface area (Å²) in [5.74, 6) is 3.64. The first kappa shape index (κ1) is 35.8. The molecule has 1 aliphatic heterocycles.